The van der Waals surface area contributed by atoms with Crippen LogP contribution in [0.25, 0.3) is 10.8 Å². The lowest BCUT2D eigenvalue weighted by Crippen LogP contribution is -2.34. The molecule has 0 saturated heterocycles. The molecule has 4 rings (SSSR count). The van der Waals surface area contributed by atoms with Gasteiger partial charge < -0.3 is 19.8 Å². The lowest BCUT2D eigenvalue weighted by molar-refractivity contribution is 0.0976. The molecule has 3 N–H and O–H groups in total. The summed E-state index contributed by atoms with van der Waals surface area (Å²) in [5, 5.41) is 10.4. The van der Waals surface area contributed by atoms with Gasteiger partial charge in [-0.2, -0.15) is 0 Å². The van der Waals surface area contributed by atoms with Gasteiger partial charge in [-0.3, -0.25) is 14.9 Å². The number of ether oxygens (including phenoxy) is 1. The van der Waals surface area contributed by atoms with Crippen LogP contribution in [0, 0.1) is 0 Å². The van der Waals surface area contributed by atoms with Crippen molar-refractivity contribution in [3.05, 3.63) is 89.3 Å². The van der Waals surface area contributed by atoms with Gasteiger partial charge in [-0.15, -0.1) is 0 Å². The van der Waals surface area contributed by atoms with Gasteiger partial charge in [0.15, 0.2) is 10.9 Å². The Kier molecular flexibility index (Phi) is 6.58. The largest absolute Gasteiger partial charge is 0.495 e. The van der Waals surface area contributed by atoms with Crippen LogP contribution in [0.4, 0.5) is 11.4 Å². The van der Waals surface area contributed by atoms with E-state index in [0.29, 0.717) is 33.1 Å². The summed E-state index contributed by atoms with van der Waals surface area (Å²) in [6.07, 6.45) is 1.42. The van der Waals surface area contributed by atoms with E-state index in [1.54, 1.807) is 54.6 Å². The topological polar surface area (TPSA) is 92.6 Å². The van der Waals surface area contributed by atoms with Crippen molar-refractivity contribution in [2.75, 3.05) is 17.7 Å². The molecule has 0 aliphatic carbocycles. The first kappa shape index (κ1) is 22.3. The summed E-state index contributed by atoms with van der Waals surface area (Å²) in [4.78, 5) is 25.1. The second-order valence-electron chi connectivity index (χ2n) is 6.90. The van der Waals surface area contributed by atoms with Crippen molar-refractivity contribution in [1.82, 2.24) is 5.32 Å². The van der Waals surface area contributed by atoms with Crippen molar-refractivity contribution < 1.29 is 18.7 Å². The van der Waals surface area contributed by atoms with Crippen LogP contribution in [-0.2, 0) is 0 Å². The number of carbonyl (C=O) groups excluding carboxylic acids is 2. The molecule has 7 nitrogen and oxygen atoms in total. The van der Waals surface area contributed by atoms with Gasteiger partial charge in [-0.1, -0.05) is 35.9 Å². The van der Waals surface area contributed by atoms with Gasteiger partial charge in [0.1, 0.15) is 5.75 Å². The molecule has 1 aromatic heterocycles. The summed E-state index contributed by atoms with van der Waals surface area (Å²) >= 11 is 11.6. The van der Waals surface area contributed by atoms with E-state index in [0.717, 1.165) is 5.39 Å². The number of hydrogen-bond donors (Lipinski definition) is 3. The molecule has 0 radical (unpaired) electrons. The summed E-state index contributed by atoms with van der Waals surface area (Å²) in [5.74, 6) is -0.138. The number of nitrogens with one attached hydrogen (secondary N) is 3. The van der Waals surface area contributed by atoms with E-state index in [4.69, 9.17) is 33.0 Å². The lowest BCUT2D eigenvalue weighted by Gasteiger charge is -2.15. The van der Waals surface area contributed by atoms with Crippen molar-refractivity contribution in [3.63, 3.8) is 0 Å². The molecule has 0 spiro atoms. The third-order valence-corrected chi connectivity index (χ3v) is 5.32. The number of furan rings is 1. The molecule has 0 saturated carbocycles. The molecular formula is C24H18ClN3O4S. The maximum atomic E-state index is 12.9. The first-order chi connectivity index (χ1) is 16.0. The number of amides is 2. The average molecular weight is 480 g/mol. The Hall–Kier alpha value is -3.88. The Morgan fingerprint density at radius 3 is 2.48 bits per heavy atom. The van der Waals surface area contributed by atoms with E-state index in [-0.39, 0.29) is 16.8 Å². The first-order valence-corrected chi connectivity index (χ1v) is 10.6. The molecule has 0 fully saturated rings. The number of carbonyl (C=O) groups is 2. The summed E-state index contributed by atoms with van der Waals surface area (Å²) in [7, 11) is 1.50. The maximum absolute atomic E-state index is 12.9. The molecular weight excluding hydrogens is 462 g/mol. The number of thiocarbonyl (C=S) groups is 1. The van der Waals surface area contributed by atoms with E-state index < -0.39 is 5.91 Å². The van der Waals surface area contributed by atoms with Crippen LogP contribution in [-0.4, -0.2) is 24.0 Å². The number of halogens is 1. The predicted octanol–water partition coefficient (Wildman–Crippen LogP) is 5.47. The molecule has 4 aromatic rings. The average Bonchev–Trinajstić information content (AvgIpc) is 3.34. The van der Waals surface area contributed by atoms with Crippen molar-refractivity contribution in [3.8, 4) is 5.75 Å². The second-order valence-corrected chi connectivity index (χ2v) is 7.71. The molecule has 166 valence electrons. The molecule has 2 amide bonds. The standard InChI is InChI=1S/C24H18ClN3O4S/c1-31-20-11-10-14(26-23(30)21-9-4-12-32-21)13-19(20)27-24(33)28-22(29)17-7-2-6-16-15(17)5-3-8-18(16)25/h2-13H,1H3,(H,26,30)(H2,27,28,29,33). The molecule has 0 aliphatic rings. The molecule has 0 unspecified atom stereocenters. The second kappa shape index (κ2) is 9.72. The Balaban J connectivity index is 1.50. The minimum atomic E-state index is -0.401. The first-order valence-electron chi connectivity index (χ1n) is 9.78. The zero-order valence-corrected chi connectivity index (χ0v) is 18.9. The smallest absolute Gasteiger partial charge is 0.291 e. The third kappa shape index (κ3) is 4.97. The number of methoxy groups -OCH3 is 1. The van der Waals surface area contributed by atoms with E-state index in [2.05, 4.69) is 16.0 Å². The Bertz CT molecular complexity index is 1360. The van der Waals surface area contributed by atoms with Crippen LogP contribution < -0.4 is 20.7 Å². The third-order valence-electron chi connectivity index (χ3n) is 4.79. The zero-order valence-electron chi connectivity index (χ0n) is 17.3. The highest BCUT2D eigenvalue weighted by Gasteiger charge is 2.15. The fourth-order valence-electron chi connectivity index (χ4n) is 3.28. The van der Waals surface area contributed by atoms with Crippen molar-refractivity contribution in [2.45, 2.75) is 0 Å². The molecule has 0 bridgehead atoms. The normalized spacial score (nSPS) is 10.5. The van der Waals surface area contributed by atoms with Crippen LogP contribution in [0.15, 0.2) is 77.4 Å². The summed E-state index contributed by atoms with van der Waals surface area (Å²) in [6, 6.07) is 18.8. The molecule has 3 aromatic carbocycles. The Labute approximate surface area is 199 Å². The molecule has 1 heterocycles. The quantitative estimate of drug-likeness (QED) is 0.328. The SMILES string of the molecule is COc1ccc(NC(=O)c2ccco2)cc1NC(=S)NC(=O)c1cccc2c(Cl)cccc12. The van der Waals surface area contributed by atoms with Crippen LogP contribution in [0.3, 0.4) is 0 Å². The number of benzene rings is 3. The van der Waals surface area contributed by atoms with Gasteiger partial charge in [-0.25, -0.2) is 0 Å². The number of rotatable bonds is 5. The van der Waals surface area contributed by atoms with Gasteiger partial charge in [0.2, 0.25) is 0 Å². The molecule has 0 aliphatic heterocycles. The van der Waals surface area contributed by atoms with Crippen molar-refractivity contribution >= 4 is 62.9 Å². The maximum Gasteiger partial charge on any atom is 0.291 e. The minimum Gasteiger partial charge on any atom is -0.495 e. The van der Waals surface area contributed by atoms with E-state index in [1.165, 1.54) is 13.4 Å². The molecule has 33 heavy (non-hydrogen) atoms. The fraction of sp³-hybridized carbons (Fsp3) is 0.0417. The van der Waals surface area contributed by atoms with Gasteiger partial charge in [0, 0.05) is 21.7 Å². The summed E-state index contributed by atoms with van der Waals surface area (Å²) in [6.45, 7) is 0. The number of anilines is 2. The minimum absolute atomic E-state index is 0.0619. The van der Waals surface area contributed by atoms with Crippen LogP contribution in [0.2, 0.25) is 5.02 Å². The van der Waals surface area contributed by atoms with Crippen molar-refractivity contribution in [1.29, 1.82) is 0 Å². The highest BCUT2D eigenvalue weighted by atomic mass is 35.5. The number of hydrogen-bond acceptors (Lipinski definition) is 5. The van der Waals surface area contributed by atoms with Crippen LogP contribution >= 0.6 is 23.8 Å². The van der Waals surface area contributed by atoms with Gasteiger partial charge in [-0.05, 0) is 60.1 Å². The molecule has 0 atom stereocenters. The zero-order chi connectivity index (χ0) is 23.4. The molecule has 9 heteroatoms. The summed E-state index contributed by atoms with van der Waals surface area (Å²) < 4.78 is 10.5. The van der Waals surface area contributed by atoms with E-state index >= 15 is 0 Å². The Morgan fingerprint density at radius 2 is 1.73 bits per heavy atom. The predicted molar refractivity (Wildman–Crippen MR) is 132 cm³/mol. The van der Waals surface area contributed by atoms with E-state index in [9.17, 15) is 9.59 Å². The van der Waals surface area contributed by atoms with Gasteiger partial charge in [0.25, 0.3) is 11.8 Å². The van der Waals surface area contributed by atoms with Crippen LogP contribution in [0.5, 0.6) is 5.75 Å². The monoisotopic (exact) mass is 479 g/mol. The fourth-order valence-corrected chi connectivity index (χ4v) is 3.72. The summed E-state index contributed by atoms with van der Waals surface area (Å²) in [5.41, 5.74) is 1.38. The van der Waals surface area contributed by atoms with E-state index in [1.807, 2.05) is 12.1 Å². The lowest BCUT2D eigenvalue weighted by atomic mass is 10.0. The van der Waals surface area contributed by atoms with Gasteiger partial charge >= 0.3 is 0 Å². The highest BCUT2D eigenvalue weighted by molar-refractivity contribution is 7.80. The van der Waals surface area contributed by atoms with Crippen LogP contribution in [0.1, 0.15) is 20.9 Å². The highest BCUT2D eigenvalue weighted by Crippen LogP contribution is 2.29. The van der Waals surface area contributed by atoms with Gasteiger partial charge in [0.05, 0.1) is 19.1 Å². The number of fused-ring (bicyclic) bond motifs is 1. The Morgan fingerprint density at radius 1 is 0.939 bits per heavy atom. The van der Waals surface area contributed by atoms with Crippen molar-refractivity contribution in [2.24, 2.45) is 0 Å².